The number of allylic oxidation sites excluding steroid dienone is 1. The zero-order valence-electron chi connectivity index (χ0n) is 8.44. The molecule has 0 bridgehead atoms. The first kappa shape index (κ1) is 13.5. The molecule has 0 fully saturated rings. The highest BCUT2D eigenvalue weighted by atomic mass is 32.1. The smallest absolute Gasteiger partial charge is 0.349 e. The first-order chi connectivity index (χ1) is 7.06. The van der Waals surface area contributed by atoms with Gasteiger partial charge in [-0.1, -0.05) is 0 Å². The molecule has 0 spiro atoms. The van der Waals surface area contributed by atoms with Crippen LogP contribution >= 0.6 is 12.6 Å². The van der Waals surface area contributed by atoms with Crippen molar-refractivity contribution in [1.29, 1.82) is 5.26 Å². The Balaban J connectivity index is 4.55. The van der Waals surface area contributed by atoms with Crippen molar-refractivity contribution in [3.05, 3.63) is 10.5 Å². The minimum atomic E-state index is -0.757. The van der Waals surface area contributed by atoms with Gasteiger partial charge in [0.2, 0.25) is 0 Å². The molecule has 0 aromatic heterocycles. The normalized spacial score (nSPS) is 11.1. The van der Waals surface area contributed by atoms with Crippen LogP contribution in [0.5, 0.6) is 0 Å². The van der Waals surface area contributed by atoms with Gasteiger partial charge in [-0.15, -0.1) is 12.6 Å². The fourth-order valence-electron chi connectivity index (χ4n) is 0.778. The van der Waals surface area contributed by atoms with E-state index in [4.69, 9.17) is 5.26 Å². The summed E-state index contributed by atoms with van der Waals surface area (Å²) in [5, 5.41) is 8.65. The van der Waals surface area contributed by atoms with Crippen LogP contribution in [0.4, 0.5) is 0 Å². The van der Waals surface area contributed by atoms with E-state index in [1.54, 1.807) is 6.07 Å². The van der Waals surface area contributed by atoms with Crippen LogP contribution in [0.25, 0.3) is 0 Å². The number of carbonyl (C=O) groups is 2. The molecule has 0 aromatic rings. The van der Waals surface area contributed by atoms with Crippen LogP contribution in [0.15, 0.2) is 10.5 Å². The minimum Gasteiger partial charge on any atom is -0.469 e. The molecule has 0 unspecified atom stereocenters. The van der Waals surface area contributed by atoms with Gasteiger partial charge in [-0.25, -0.2) is 4.79 Å². The molecular weight excluding hydrogens is 218 g/mol. The maximum atomic E-state index is 11.0. The highest BCUT2D eigenvalue weighted by molar-refractivity contribution is 7.84. The van der Waals surface area contributed by atoms with Crippen molar-refractivity contribution in [2.75, 3.05) is 14.2 Å². The molecule has 0 saturated carbocycles. The fourth-order valence-corrected chi connectivity index (χ4v) is 1.03. The number of thiol groups is 1. The van der Waals surface area contributed by atoms with Crippen molar-refractivity contribution < 1.29 is 19.1 Å². The quantitative estimate of drug-likeness (QED) is 0.334. The summed E-state index contributed by atoms with van der Waals surface area (Å²) in [5.74, 6) is -1.18. The molecule has 0 saturated heterocycles. The highest BCUT2D eigenvalue weighted by Gasteiger charge is 2.14. The van der Waals surface area contributed by atoms with Gasteiger partial charge in [-0.05, 0) is 6.42 Å². The molecule has 6 heteroatoms. The third kappa shape index (κ3) is 4.51. The lowest BCUT2D eigenvalue weighted by molar-refractivity contribution is -0.140. The number of esters is 2. The fraction of sp³-hybridized carbons (Fsp3) is 0.444. The van der Waals surface area contributed by atoms with E-state index < -0.39 is 11.9 Å². The van der Waals surface area contributed by atoms with Crippen LogP contribution in [0.1, 0.15) is 12.8 Å². The SMILES string of the molecule is COC(=O)CC/C(S)=C(/C#N)C(=O)OC. The van der Waals surface area contributed by atoms with E-state index in [9.17, 15) is 9.59 Å². The molecule has 0 N–H and O–H groups in total. The first-order valence-corrected chi connectivity index (χ1v) is 4.48. The van der Waals surface area contributed by atoms with Gasteiger partial charge in [0, 0.05) is 4.91 Å². The Hall–Kier alpha value is -1.48. The highest BCUT2D eigenvalue weighted by Crippen LogP contribution is 2.16. The summed E-state index contributed by atoms with van der Waals surface area (Å²) in [6.07, 6.45) is 0.241. The van der Waals surface area contributed by atoms with Crippen molar-refractivity contribution in [2.45, 2.75) is 12.8 Å². The van der Waals surface area contributed by atoms with Gasteiger partial charge < -0.3 is 9.47 Å². The standard InChI is InChI=1S/C9H11NO4S/c1-13-8(11)4-3-7(15)6(5-10)9(12)14-2/h15H,3-4H2,1-2H3/b7-6+. The number of nitriles is 1. The third-order valence-electron chi connectivity index (χ3n) is 1.58. The molecule has 0 heterocycles. The lowest BCUT2D eigenvalue weighted by Crippen LogP contribution is -2.06. The Morgan fingerprint density at radius 3 is 2.27 bits per heavy atom. The largest absolute Gasteiger partial charge is 0.469 e. The van der Waals surface area contributed by atoms with Crippen LogP contribution in [-0.4, -0.2) is 26.2 Å². The third-order valence-corrected chi connectivity index (χ3v) is 2.03. The summed E-state index contributed by atoms with van der Waals surface area (Å²) < 4.78 is 8.78. The number of ether oxygens (including phenoxy) is 2. The number of hydrogen-bond donors (Lipinski definition) is 1. The average Bonchev–Trinajstić information content (AvgIpc) is 2.26. The molecule has 82 valence electrons. The molecule has 0 atom stereocenters. The minimum absolute atomic E-state index is 0.0670. The second-order valence-electron chi connectivity index (χ2n) is 2.50. The molecule has 0 aromatic carbocycles. The zero-order valence-corrected chi connectivity index (χ0v) is 9.34. The first-order valence-electron chi connectivity index (χ1n) is 4.04. The summed E-state index contributed by atoms with van der Waals surface area (Å²) in [7, 11) is 2.43. The molecule has 0 aliphatic heterocycles. The monoisotopic (exact) mass is 229 g/mol. The second kappa shape index (κ2) is 6.90. The molecule has 0 aliphatic rings. The van der Waals surface area contributed by atoms with Crippen LogP contribution < -0.4 is 0 Å². The van der Waals surface area contributed by atoms with E-state index in [0.29, 0.717) is 0 Å². The molecule has 0 aliphatic carbocycles. The summed E-state index contributed by atoms with van der Waals surface area (Å²) in [6.45, 7) is 0. The Kier molecular flexibility index (Phi) is 6.22. The molecular formula is C9H11NO4S. The lowest BCUT2D eigenvalue weighted by Gasteiger charge is -2.02. The Bertz CT molecular complexity index is 329. The van der Waals surface area contributed by atoms with Crippen LogP contribution in [-0.2, 0) is 19.1 Å². The Morgan fingerprint density at radius 2 is 1.87 bits per heavy atom. The maximum absolute atomic E-state index is 11.0. The van der Waals surface area contributed by atoms with E-state index in [0.717, 1.165) is 0 Å². The number of nitrogens with zero attached hydrogens (tertiary/aromatic N) is 1. The van der Waals surface area contributed by atoms with Crippen molar-refractivity contribution >= 4 is 24.6 Å². The Morgan fingerprint density at radius 1 is 1.27 bits per heavy atom. The number of methoxy groups -OCH3 is 2. The second-order valence-corrected chi connectivity index (χ2v) is 3.04. The van der Waals surface area contributed by atoms with E-state index in [1.165, 1.54) is 14.2 Å². The van der Waals surface area contributed by atoms with Gasteiger partial charge in [-0.3, -0.25) is 4.79 Å². The van der Waals surface area contributed by atoms with Crippen molar-refractivity contribution in [2.24, 2.45) is 0 Å². The topological polar surface area (TPSA) is 76.4 Å². The Labute approximate surface area is 93.1 Å². The zero-order chi connectivity index (χ0) is 11.8. The molecule has 0 amide bonds. The number of carbonyl (C=O) groups excluding carboxylic acids is 2. The van der Waals surface area contributed by atoms with Crippen molar-refractivity contribution in [3.63, 3.8) is 0 Å². The summed E-state index contributed by atoms with van der Waals surface area (Å²) in [5.41, 5.74) is -0.190. The number of rotatable bonds is 4. The summed E-state index contributed by atoms with van der Waals surface area (Å²) >= 11 is 3.96. The lowest BCUT2D eigenvalue weighted by atomic mass is 10.2. The average molecular weight is 229 g/mol. The summed E-state index contributed by atoms with van der Waals surface area (Å²) in [4.78, 5) is 22.0. The maximum Gasteiger partial charge on any atom is 0.349 e. The van der Waals surface area contributed by atoms with Gasteiger partial charge in [0.1, 0.15) is 11.6 Å². The van der Waals surface area contributed by atoms with Crippen molar-refractivity contribution in [1.82, 2.24) is 0 Å². The molecule has 0 radical (unpaired) electrons. The molecule has 0 rings (SSSR count). The van der Waals surface area contributed by atoms with Crippen molar-refractivity contribution in [3.8, 4) is 6.07 Å². The van der Waals surface area contributed by atoms with Crippen LogP contribution in [0, 0.1) is 11.3 Å². The number of hydrogen-bond acceptors (Lipinski definition) is 6. The predicted molar refractivity (Wildman–Crippen MR) is 54.9 cm³/mol. The van der Waals surface area contributed by atoms with Crippen LogP contribution in [0.2, 0.25) is 0 Å². The van der Waals surface area contributed by atoms with Gasteiger partial charge >= 0.3 is 11.9 Å². The van der Waals surface area contributed by atoms with E-state index in [-0.39, 0.29) is 23.3 Å². The van der Waals surface area contributed by atoms with E-state index in [2.05, 4.69) is 22.1 Å². The predicted octanol–water partition coefficient (Wildman–Crippen LogP) is 0.820. The van der Waals surface area contributed by atoms with E-state index >= 15 is 0 Å². The van der Waals surface area contributed by atoms with Gasteiger partial charge in [-0.2, -0.15) is 5.26 Å². The van der Waals surface area contributed by atoms with Gasteiger partial charge in [0.05, 0.1) is 20.6 Å². The van der Waals surface area contributed by atoms with Crippen LogP contribution in [0.3, 0.4) is 0 Å². The molecule has 5 nitrogen and oxygen atoms in total. The molecule has 15 heavy (non-hydrogen) atoms. The summed E-state index contributed by atoms with van der Waals surface area (Å²) in [6, 6.07) is 1.67. The van der Waals surface area contributed by atoms with Gasteiger partial charge in [0.25, 0.3) is 0 Å². The van der Waals surface area contributed by atoms with Gasteiger partial charge in [0.15, 0.2) is 0 Å². The van der Waals surface area contributed by atoms with E-state index in [1.807, 2.05) is 0 Å².